The van der Waals surface area contributed by atoms with Crippen LogP contribution in [0.3, 0.4) is 0 Å². The van der Waals surface area contributed by atoms with E-state index in [4.69, 9.17) is 14.7 Å². The van der Waals surface area contributed by atoms with Crippen molar-refractivity contribution in [1.82, 2.24) is 4.90 Å². The zero-order valence-corrected chi connectivity index (χ0v) is 11.7. The van der Waals surface area contributed by atoms with Crippen molar-refractivity contribution < 1.29 is 14.3 Å². The topological polar surface area (TPSA) is 62.6 Å². The SMILES string of the molecule is C[C@@H]1CN(C(=O)COc2ccccc2C#N)C[C@@H](C)O1. The maximum absolute atomic E-state index is 12.1. The van der Waals surface area contributed by atoms with Crippen LogP contribution in [0.15, 0.2) is 24.3 Å². The third-order valence-corrected chi connectivity index (χ3v) is 3.13. The van der Waals surface area contributed by atoms with Crippen LogP contribution in [-0.4, -0.2) is 42.7 Å². The van der Waals surface area contributed by atoms with Gasteiger partial charge in [-0.1, -0.05) is 12.1 Å². The van der Waals surface area contributed by atoms with E-state index in [-0.39, 0.29) is 24.7 Å². The Labute approximate surface area is 118 Å². The Morgan fingerprint density at radius 1 is 1.40 bits per heavy atom. The van der Waals surface area contributed by atoms with E-state index in [0.717, 1.165) is 0 Å². The van der Waals surface area contributed by atoms with Gasteiger partial charge in [0.15, 0.2) is 6.61 Å². The zero-order chi connectivity index (χ0) is 14.5. The van der Waals surface area contributed by atoms with E-state index in [2.05, 4.69) is 0 Å². The molecule has 0 N–H and O–H groups in total. The summed E-state index contributed by atoms with van der Waals surface area (Å²) in [6, 6.07) is 8.94. The Morgan fingerprint density at radius 3 is 2.70 bits per heavy atom. The fourth-order valence-electron chi connectivity index (χ4n) is 2.30. The number of morpholine rings is 1. The minimum Gasteiger partial charge on any atom is -0.482 e. The maximum Gasteiger partial charge on any atom is 0.260 e. The molecule has 0 bridgehead atoms. The fraction of sp³-hybridized carbons (Fsp3) is 0.467. The Kier molecular flexibility index (Phi) is 4.59. The maximum atomic E-state index is 12.1. The van der Waals surface area contributed by atoms with Crippen LogP contribution in [0.1, 0.15) is 19.4 Å². The Hall–Kier alpha value is -2.06. The molecule has 1 amide bonds. The van der Waals surface area contributed by atoms with Crippen molar-refractivity contribution in [2.75, 3.05) is 19.7 Å². The van der Waals surface area contributed by atoms with E-state index in [0.29, 0.717) is 24.4 Å². The van der Waals surface area contributed by atoms with Gasteiger partial charge in [0, 0.05) is 13.1 Å². The van der Waals surface area contributed by atoms with Crippen LogP contribution in [0.2, 0.25) is 0 Å². The molecule has 0 spiro atoms. The first-order valence-corrected chi connectivity index (χ1v) is 6.65. The molecule has 1 fully saturated rings. The molecule has 0 aliphatic carbocycles. The molecule has 20 heavy (non-hydrogen) atoms. The lowest BCUT2D eigenvalue weighted by Gasteiger charge is -2.35. The summed E-state index contributed by atoms with van der Waals surface area (Å²) < 4.78 is 11.0. The summed E-state index contributed by atoms with van der Waals surface area (Å²) in [5.74, 6) is 0.359. The smallest absolute Gasteiger partial charge is 0.260 e. The molecule has 2 atom stereocenters. The number of amides is 1. The molecule has 0 radical (unpaired) electrons. The van der Waals surface area contributed by atoms with E-state index in [1.165, 1.54) is 0 Å². The molecule has 0 saturated carbocycles. The number of para-hydroxylation sites is 1. The molecule has 106 valence electrons. The summed E-state index contributed by atoms with van der Waals surface area (Å²) in [6.45, 7) is 4.99. The summed E-state index contributed by atoms with van der Waals surface area (Å²) in [6.07, 6.45) is 0.0724. The minimum absolute atomic E-state index is 0.0362. The highest BCUT2D eigenvalue weighted by Gasteiger charge is 2.26. The molecule has 1 saturated heterocycles. The number of hydrogen-bond acceptors (Lipinski definition) is 4. The van der Waals surface area contributed by atoms with Crippen molar-refractivity contribution in [3.63, 3.8) is 0 Å². The first kappa shape index (κ1) is 14.4. The van der Waals surface area contributed by atoms with Crippen LogP contribution in [0.25, 0.3) is 0 Å². The average Bonchev–Trinajstić information content (AvgIpc) is 2.44. The Balaban J connectivity index is 1.94. The van der Waals surface area contributed by atoms with Gasteiger partial charge in [-0.25, -0.2) is 0 Å². The quantitative estimate of drug-likeness (QED) is 0.839. The highest BCUT2D eigenvalue weighted by atomic mass is 16.5. The van der Waals surface area contributed by atoms with Crippen molar-refractivity contribution in [3.05, 3.63) is 29.8 Å². The van der Waals surface area contributed by atoms with E-state index in [9.17, 15) is 4.79 Å². The number of nitriles is 1. The second kappa shape index (κ2) is 6.40. The van der Waals surface area contributed by atoms with Gasteiger partial charge in [-0.15, -0.1) is 0 Å². The molecule has 1 aromatic rings. The van der Waals surface area contributed by atoms with Gasteiger partial charge in [0.1, 0.15) is 11.8 Å². The first-order valence-electron chi connectivity index (χ1n) is 6.65. The molecule has 2 rings (SSSR count). The van der Waals surface area contributed by atoms with Gasteiger partial charge < -0.3 is 14.4 Å². The van der Waals surface area contributed by atoms with Crippen molar-refractivity contribution in [2.45, 2.75) is 26.1 Å². The van der Waals surface area contributed by atoms with Crippen molar-refractivity contribution in [3.8, 4) is 11.8 Å². The lowest BCUT2D eigenvalue weighted by atomic mass is 10.2. The molecule has 5 nitrogen and oxygen atoms in total. The second-order valence-corrected chi connectivity index (χ2v) is 4.95. The van der Waals surface area contributed by atoms with Crippen molar-refractivity contribution in [2.24, 2.45) is 0 Å². The molecular formula is C15H18N2O3. The van der Waals surface area contributed by atoms with Crippen LogP contribution in [-0.2, 0) is 9.53 Å². The molecule has 0 unspecified atom stereocenters. The monoisotopic (exact) mass is 274 g/mol. The van der Waals surface area contributed by atoms with E-state index >= 15 is 0 Å². The predicted molar refractivity (Wildman–Crippen MR) is 73.2 cm³/mol. The van der Waals surface area contributed by atoms with Crippen molar-refractivity contribution in [1.29, 1.82) is 5.26 Å². The number of nitrogens with zero attached hydrogens (tertiary/aromatic N) is 2. The highest BCUT2D eigenvalue weighted by Crippen LogP contribution is 2.17. The summed E-state index contributed by atoms with van der Waals surface area (Å²) >= 11 is 0. The third kappa shape index (κ3) is 3.49. The fourth-order valence-corrected chi connectivity index (χ4v) is 2.30. The molecule has 1 heterocycles. The van der Waals surface area contributed by atoms with Crippen LogP contribution >= 0.6 is 0 Å². The highest BCUT2D eigenvalue weighted by molar-refractivity contribution is 5.78. The van der Waals surface area contributed by atoms with Gasteiger partial charge in [0.2, 0.25) is 0 Å². The standard InChI is InChI=1S/C15H18N2O3/c1-11-8-17(9-12(2)20-11)15(18)10-19-14-6-4-3-5-13(14)7-16/h3-6,11-12H,8-10H2,1-2H3/t11-,12-/m1/s1. The molecule has 1 aliphatic rings. The molecule has 1 aliphatic heterocycles. The zero-order valence-electron chi connectivity index (χ0n) is 11.7. The first-order chi connectivity index (χ1) is 9.60. The number of hydrogen-bond donors (Lipinski definition) is 0. The van der Waals surface area contributed by atoms with Crippen LogP contribution in [0.5, 0.6) is 5.75 Å². The average molecular weight is 274 g/mol. The number of ether oxygens (including phenoxy) is 2. The van der Waals surface area contributed by atoms with Gasteiger partial charge in [0.05, 0.1) is 17.8 Å². The van der Waals surface area contributed by atoms with Crippen LogP contribution in [0.4, 0.5) is 0 Å². The molecular weight excluding hydrogens is 256 g/mol. The van der Waals surface area contributed by atoms with Crippen LogP contribution in [0, 0.1) is 11.3 Å². The summed E-state index contributed by atoms with van der Waals surface area (Å²) in [4.78, 5) is 13.9. The Morgan fingerprint density at radius 2 is 2.05 bits per heavy atom. The Bertz CT molecular complexity index is 514. The number of rotatable bonds is 3. The summed E-state index contributed by atoms with van der Waals surface area (Å²) in [7, 11) is 0. The van der Waals surface area contributed by atoms with E-state index in [1.807, 2.05) is 19.9 Å². The largest absolute Gasteiger partial charge is 0.482 e. The van der Waals surface area contributed by atoms with Gasteiger partial charge in [-0.3, -0.25) is 4.79 Å². The van der Waals surface area contributed by atoms with Crippen molar-refractivity contribution >= 4 is 5.91 Å². The number of carbonyl (C=O) groups is 1. The molecule has 0 aromatic heterocycles. The number of carbonyl (C=O) groups excluding carboxylic acids is 1. The van der Waals surface area contributed by atoms with Gasteiger partial charge in [0.25, 0.3) is 5.91 Å². The van der Waals surface area contributed by atoms with E-state index in [1.54, 1.807) is 29.2 Å². The second-order valence-electron chi connectivity index (χ2n) is 4.95. The number of benzene rings is 1. The predicted octanol–water partition coefficient (Wildman–Crippen LogP) is 1.57. The summed E-state index contributed by atoms with van der Waals surface area (Å²) in [5.41, 5.74) is 0.434. The molecule has 1 aromatic carbocycles. The normalized spacial score (nSPS) is 22.1. The van der Waals surface area contributed by atoms with Gasteiger partial charge >= 0.3 is 0 Å². The third-order valence-electron chi connectivity index (χ3n) is 3.13. The minimum atomic E-state index is -0.0836. The summed E-state index contributed by atoms with van der Waals surface area (Å²) in [5, 5.41) is 8.96. The molecule has 5 heteroatoms. The van der Waals surface area contributed by atoms with E-state index < -0.39 is 0 Å². The lowest BCUT2D eigenvalue weighted by Crippen LogP contribution is -2.49. The van der Waals surface area contributed by atoms with Crippen LogP contribution < -0.4 is 4.74 Å². The van der Waals surface area contributed by atoms with Gasteiger partial charge in [-0.05, 0) is 26.0 Å². The lowest BCUT2D eigenvalue weighted by molar-refractivity contribution is -0.145. The van der Waals surface area contributed by atoms with Gasteiger partial charge in [-0.2, -0.15) is 5.26 Å².